The topological polar surface area (TPSA) is 189 Å². The van der Waals surface area contributed by atoms with E-state index in [0.717, 1.165) is 37.6 Å². The molecule has 2 aromatic heterocycles. The number of aromatic hydroxyl groups is 2. The Bertz CT molecular complexity index is 2730. The number of aryl methyl sites for hydroxylation is 2. The molecular weight excluding hydrogens is 800 g/mol. The Labute approximate surface area is 345 Å². The molecule has 0 unspecified atom stereocenters. The van der Waals surface area contributed by atoms with Gasteiger partial charge in [-0.25, -0.2) is 14.6 Å². The third-order valence-electron chi connectivity index (χ3n) is 12.8. The highest BCUT2D eigenvalue weighted by Gasteiger charge is 2.68. The summed E-state index contributed by atoms with van der Waals surface area (Å²) in [4.78, 5) is 73.7. The summed E-state index contributed by atoms with van der Waals surface area (Å²) in [6.45, 7) is 3.70. The van der Waals surface area contributed by atoms with Gasteiger partial charge in [0.05, 0.1) is 48.0 Å². The number of anilines is 2. The van der Waals surface area contributed by atoms with E-state index in [-0.39, 0.29) is 41.6 Å². The van der Waals surface area contributed by atoms with Gasteiger partial charge in [-0.1, -0.05) is 23.3 Å². The molecule has 3 aromatic carbocycles. The standard InChI is InChI=1S/C43H37ClN4O10S/c1-18-25-12-19(44)6-11-32(25)59-37(18)28-17-33(46(3)45-28)48-39(52)27-16-26-22(36(43(27,2)42(48)56)35-30(57-4)14-21(49)15-31(35)58-5)9-10-24-34(26)40(53)47(38(24)51)20-7-8-23(41(54)55)29(50)13-20/h6-9,11-15,17,24,26-27,34,36,49-50H,10,16H2,1-5H3,(H,54,55)/t24-,26+,27-,34-,36+,43+/m0/s1. The molecule has 4 heterocycles. The molecule has 0 bridgehead atoms. The van der Waals surface area contributed by atoms with Crippen molar-refractivity contribution in [3.05, 3.63) is 88.0 Å². The normalized spacial score (nSPS) is 25.0. The fourth-order valence-corrected chi connectivity index (χ4v) is 11.4. The summed E-state index contributed by atoms with van der Waals surface area (Å²) >= 11 is 7.84. The number of fused-ring (bicyclic) bond motifs is 5. The number of carboxylic acid groups (broad SMARTS) is 1. The minimum Gasteiger partial charge on any atom is -0.508 e. The minimum atomic E-state index is -1.48. The molecule has 16 heteroatoms. The molecule has 9 rings (SSSR count). The van der Waals surface area contributed by atoms with Gasteiger partial charge < -0.3 is 24.8 Å². The number of thiophene rings is 1. The summed E-state index contributed by atoms with van der Waals surface area (Å²) < 4.78 is 14.2. The van der Waals surface area contributed by atoms with Crippen molar-refractivity contribution < 1.29 is 48.8 Å². The van der Waals surface area contributed by atoms with Crippen molar-refractivity contribution in [1.29, 1.82) is 0 Å². The van der Waals surface area contributed by atoms with Crippen LogP contribution < -0.4 is 19.3 Å². The zero-order chi connectivity index (χ0) is 42.0. The predicted octanol–water partition coefficient (Wildman–Crippen LogP) is 6.83. The van der Waals surface area contributed by atoms with E-state index in [4.69, 9.17) is 26.2 Å². The van der Waals surface area contributed by atoms with Crippen LogP contribution in [0.1, 0.15) is 47.2 Å². The average Bonchev–Trinajstić information content (AvgIpc) is 3.87. The van der Waals surface area contributed by atoms with Gasteiger partial charge in [-0.15, -0.1) is 11.3 Å². The van der Waals surface area contributed by atoms with Crippen molar-refractivity contribution in [2.45, 2.75) is 32.6 Å². The molecule has 302 valence electrons. The van der Waals surface area contributed by atoms with Crippen LogP contribution in [0.5, 0.6) is 23.0 Å². The fraction of sp³-hybridized carbons (Fsp3) is 0.302. The number of aromatic carboxylic acids is 1. The summed E-state index contributed by atoms with van der Waals surface area (Å²) in [5, 5.41) is 37.0. The number of imide groups is 2. The number of aromatic nitrogens is 2. The maximum absolute atomic E-state index is 15.3. The van der Waals surface area contributed by atoms with E-state index in [1.807, 2.05) is 31.2 Å². The number of carbonyl (C=O) groups excluding carboxylic acids is 4. The molecule has 5 aromatic rings. The molecule has 6 atom stereocenters. The van der Waals surface area contributed by atoms with Crippen molar-refractivity contribution in [1.82, 2.24) is 9.78 Å². The molecule has 3 N–H and O–H groups in total. The van der Waals surface area contributed by atoms with E-state index in [1.165, 1.54) is 53.3 Å². The molecule has 59 heavy (non-hydrogen) atoms. The third-order valence-corrected chi connectivity index (χ3v) is 14.3. The average molecular weight is 837 g/mol. The first-order valence-electron chi connectivity index (χ1n) is 18.8. The number of halogens is 1. The van der Waals surface area contributed by atoms with Crippen molar-refractivity contribution in [3.63, 3.8) is 0 Å². The van der Waals surface area contributed by atoms with Gasteiger partial charge in [0.25, 0.3) is 0 Å². The lowest BCUT2D eigenvalue weighted by atomic mass is 9.51. The van der Waals surface area contributed by atoms with Crippen LogP contribution in [0.15, 0.2) is 66.2 Å². The Morgan fingerprint density at radius 2 is 1.64 bits per heavy atom. The van der Waals surface area contributed by atoms with Gasteiger partial charge in [0.2, 0.25) is 23.6 Å². The lowest BCUT2D eigenvalue weighted by Crippen LogP contribution is -2.49. The molecule has 2 aliphatic heterocycles. The Balaban J connectivity index is 1.18. The summed E-state index contributed by atoms with van der Waals surface area (Å²) in [5.41, 5.74) is 0.694. The Kier molecular flexibility index (Phi) is 8.72. The van der Waals surface area contributed by atoms with Crippen LogP contribution in [-0.4, -0.2) is 68.9 Å². The molecule has 14 nitrogen and oxygen atoms in total. The minimum absolute atomic E-state index is 0.0137. The number of rotatable bonds is 7. The number of hydrogen-bond donors (Lipinski definition) is 3. The van der Waals surface area contributed by atoms with Gasteiger partial charge in [0.1, 0.15) is 40.1 Å². The molecule has 0 radical (unpaired) electrons. The molecule has 2 saturated heterocycles. The van der Waals surface area contributed by atoms with Gasteiger partial charge in [-0.2, -0.15) is 5.10 Å². The first-order valence-corrected chi connectivity index (χ1v) is 20.0. The van der Waals surface area contributed by atoms with Crippen LogP contribution >= 0.6 is 22.9 Å². The lowest BCUT2D eigenvalue weighted by Gasteiger charge is -2.49. The number of hydrogen-bond acceptors (Lipinski definition) is 11. The maximum atomic E-state index is 15.3. The van der Waals surface area contributed by atoms with Crippen LogP contribution in [0.4, 0.5) is 11.5 Å². The monoisotopic (exact) mass is 836 g/mol. The van der Waals surface area contributed by atoms with E-state index in [1.54, 1.807) is 20.0 Å². The highest BCUT2D eigenvalue weighted by atomic mass is 35.5. The van der Waals surface area contributed by atoms with Crippen LogP contribution in [0.25, 0.3) is 20.7 Å². The largest absolute Gasteiger partial charge is 0.508 e. The molecule has 1 saturated carbocycles. The highest BCUT2D eigenvalue weighted by molar-refractivity contribution is 7.22. The summed E-state index contributed by atoms with van der Waals surface area (Å²) in [6.07, 6.45) is 2.02. The van der Waals surface area contributed by atoms with Gasteiger partial charge in [0.15, 0.2) is 0 Å². The maximum Gasteiger partial charge on any atom is 0.339 e. The SMILES string of the molecule is COc1cc(O)cc(OC)c1[C@H]1C2=CC[C@@H]3C(=O)N(c4ccc(C(=O)O)c(O)c4)C(=O)[C@@H]3[C@@H]2C[C@H]2C(=O)N(c3cc(-c4sc5ccc(Cl)cc5c4C)nn3C)C(=O)[C@@]12C. The van der Waals surface area contributed by atoms with E-state index in [9.17, 15) is 29.7 Å². The summed E-state index contributed by atoms with van der Waals surface area (Å²) in [7, 11) is 4.50. The second-order valence-electron chi connectivity index (χ2n) is 15.7. The Morgan fingerprint density at radius 1 is 0.932 bits per heavy atom. The third kappa shape index (κ3) is 5.36. The second kappa shape index (κ2) is 13.4. The van der Waals surface area contributed by atoms with Crippen LogP contribution in [0.3, 0.4) is 0 Å². The molecule has 4 amide bonds. The van der Waals surface area contributed by atoms with Gasteiger partial charge in [-0.05, 0) is 73.9 Å². The van der Waals surface area contributed by atoms with E-state index >= 15 is 9.59 Å². The highest BCUT2D eigenvalue weighted by Crippen LogP contribution is 2.66. The van der Waals surface area contributed by atoms with E-state index < -0.39 is 75.9 Å². The number of nitrogens with zero attached hydrogens (tertiary/aromatic N) is 4. The van der Waals surface area contributed by atoms with Gasteiger partial charge in [0, 0.05) is 52.5 Å². The zero-order valence-electron chi connectivity index (χ0n) is 32.3. The zero-order valence-corrected chi connectivity index (χ0v) is 33.9. The number of amides is 4. The smallest absolute Gasteiger partial charge is 0.339 e. The van der Waals surface area contributed by atoms with E-state index in [2.05, 4.69) is 0 Å². The molecule has 3 fully saturated rings. The summed E-state index contributed by atoms with van der Waals surface area (Å²) in [6, 6.07) is 13.7. The lowest BCUT2D eigenvalue weighted by molar-refractivity contribution is -0.131. The molecule has 0 spiro atoms. The molecule has 4 aliphatic rings. The number of carbonyl (C=O) groups is 5. The predicted molar refractivity (Wildman–Crippen MR) is 217 cm³/mol. The number of phenolic OH excluding ortho intramolecular Hbond substituents is 1. The van der Waals surface area contributed by atoms with Crippen molar-refractivity contribution in [2.75, 3.05) is 24.0 Å². The second-order valence-corrected chi connectivity index (χ2v) is 17.1. The number of carboxylic acids is 1. The quantitative estimate of drug-likeness (QED) is 0.115. The van der Waals surface area contributed by atoms with E-state index in [0.29, 0.717) is 21.9 Å². The van der Waals surface area contributed by atoms with Crippen molar-refractivity contribution in [3.8, 4) is 33.6 Å². The number of methoxy groups -OCH3 is 2. The Hall–Kier alpha value is -6.19. The fourth-order valence-electron chi connectivity index (χ4n) is 10.1. The first kappa shape index (κ1) is 38.3. The summed E-state index contributed by atoms with van der Waals surface area (Å²) in [5.74, 6) is -8.07. The van der Waals surface area contributed by atoms with Crippen molar-refractivity contribution in [2.24, 2.45) is 36.1 Å². The van der Waals surface area contributed by atoms with Gasteiger partial charge in [-0.3, -0.25) is 23.9 Å². The number of ether oxygens (including phenoxy) is 2. The number of benzene rings is 3. The van der Waals surface area contributed by atoms with Crippen LogP contribution in [-0.2, 0) is 26.2 Å². The van der Waals surface area contributed by atoms with Crippen LogP contribution in [0.2, 0.25) is 5.02 Å². The molecular formula is C43H37ClN4O10S. The Morgan fingerprint density at radius 3 is 2.31 bits per heavy atom. The molecule has 2 aliphatic carbocycles. The number of phenols is 2. The number of allylic oxidation sites excluding steroid dienone is 2. The van der Waals surface area contributed by atoms with Gasteiger partial charge >= 0.3 is 5.97 Å². The van der Waals surface area contributed by atoms with Crippen molar-refractivity contribution >= 4 is 74.1 Å². The first-order chi connectivity index (χ1) is 28.1. The van der Waals surface area contributed by atoms with Crippen LogP contribution in [0, 0.1) is 36.0 Å².